The quantitative estimate of drug-likeness (QED) is 0.499. The summed E-state index contributed by atoms with van der Waals surface area (Å²) in [7, 11) is 3.90. The lowest BCUT2D eigenvalue weighted by molar-refractivity contribution is -0.0504. The molecule has 1 fully saturated rings. The molecule has 5 nitrogen and oxygen atoms in total. The molecule has 1 aliphatic heterocycles. The predicted molar refractivity (Wildman–Crippen MR) is 118 cm³/mol. The molecule has 1 aromatic heterocycles. The minimum absolute atomic E-state index is 0.185. The number of halogens is 2. The average Bonchev–Trinajstić information content (AvgIpc) is 3.24. The largest absolute Gasteiger partial charge is 0.434 e. The zero-order valence-electron chi connectivity index (χ0n) is 17.7. The lowest BCUT2D eigenvalue weighted by atomic mass is 9.88. The first-order chi connectivity index (χ1) is 14.5. The molecular weight excluding hydrogens is 406 g/mol. The molecule has 1 saturated heterocycles. The van der Waals surface area contributed by atoms with Gasteiger partial charge < -0.3 is 15.4 Å². The van der Waals surface area contributed by atoms with Crippen molar-refractivity contribution in [2.45, 2.75) is 39.0 Å². The van der Waals surface area contributed by atoms with E-state index in [2.05, 4.69) is 49.8 Å². The van der Waals surface area contributed by atoms with Crippen molar-refractivity contribution in [2.24, 2.45) is 10.9 Å². The van der Waals surface area contributed by atoms with Crippen molar-refractivity contribution >= 4 is 17.3 Å². The van der Waals surface area contributed by atoms with E-state index in [-0.39, 0.29) is 5.75 Å². The van der Waals surface area contributed by atoms with Crippen LogP contribution in [0.25, 0.3) is 0 Å². The Bertz CT molecular complexity index is 829. The summed E-state index contributed by atoms with van der Waals surface area (Å²) in [5.41, 5.74) is 1.66. The van der Waals surface area contributed by atoms with Crippen LogP contribution in [-0.4, -0.2) is 44.7 Å². The Morgan fingerprint density at radius 1 is 1.33 bits per heavy atom. The van der Waals surface area contributed by atoms with Gasteiger partial charge in [0.05, 0.1) is 0 Å². The van der Waals surface area contributed by atoms with Crippen LogP contribution in [0, 0.1) is 12.8 Å². The molecule has 30 heavy (non-hydrogen) atoms. The summed E-state index contributed by atoms with van der Waals surface area (Å²) in [6, 6.07) is 9.90. The van der Waals surface area contributed by atoms with Gasteiger partial charge in [0, 0.05) is 36.6 Å². The van der Waals surface area contributed by atoms with Crippen molar-refractivity contribution in [1.82, 2.24) is 15.5 Å². The van der Waals surface area contributed by atoms with Crippen molar-refractivity contribution in [3.05, 3.63) is 51.7 Å². The average molecular weight is 437 g/mol. The van der Waals surface area contributed by atoms with Gasteiger partial charge >= 0.3 is 6.61 Å². The van der Waals surface area contributed by atoms with Crippen molar-refractivity contribution < 1.29 is 13.5 Å². The molecule has 0 aliphatic carbocycles. The topological polar surface area (TPSA) is 48.9 Å². The number of nitrogens with one attached hydrogen (secondary N) is 2. The van der Waals surface area contributed by atoms with E-state index < -0.39 is 6.61 Å². The number of ether oxygens (including phenoxy) is 1. The number of hydrogen-bond acceptors (Lipinski definition) is 4. The van der Waals surface area contributed by atoms with Gasteiger partial charge in [-0.1, -0.05) is 23.8 Å². The van der Waals surface area contributed by atoms with E-state index in [0.717, 1.165) is 25.1 Å². The molecule has 0 bridgehead atoms. The summed E-state index contributed by atoms with van der Waals surface area (Å²) in [6.07, 6.45) is 2.33. The summed E-state index contributed by atoms with van der Waals surface area (Å²) in [5.74, 6) is 1.31. The minimum atomic E-state index is -2.85. The molecule has 2 unspecified atom stereocenters. The first-order valence-electron chi connectivity index (χ1n) is 10.2. The standard InChI is InChI=1S/C22H30F2N4OS/c1-15-8-9-18(29-21(23)24)17(12-15)14-27-22(25-2)26-13-16-6-4-10-28(3)20(16)19-7-5-11-30-19/h5,7-9,11-12,16,20-21H,4,6,10,13-14H2,1-3H3,(H2,25,26,27). The number of guanidine groups is 1. The van der Waals surface area contributed by atoms with Crippen LogP contribution in [0.2, 0.25) is 0 Å². The number of hydrogen-bond donors (Lipinski definition) is 2. The summed E-state index contributed by atoms with van der Waals surface area (Å²) in [5, 5.41) is 8.78. The number of alkyl halides is 2. The third kappa shape index (κ3) is 5.92. The Morgan fingerprint density at radius 3 is 2.87 bits per heavy atom. The maximum Gasteiger partial charge on any atom is 0.387 e. The van der Waals surface area contributed by atoms with E-state index in [1.165, 1.54) is 11.3 Å². The highest BCUT2D eigenvalue weighted by Gasteiger charge is 2.31. The summed E-state index contributed by atoms with van der Waals surface area (Å²) in [6.45, 7) is 1.32. The number of nitrogens with zero attached hydrogens (tertiary/aromatic N) is 2. The number of aryl methyl sites for hydroxylation is 1. The minimum Gasteiger partial charge on any atom is -0.434 e. The van der Waals surface area contributed by atoms with Gasteiger partial charge in [0.15, 0.2) is 5.96 Å². The van der Waals surface area contributed by atoms with Gasteiger partial charge in [-0.2, -0.15) is 8.78 Å². The number of likely N-dealkylation sites (tertiary alicyclic amines) is 1. The SMILES string of the molecule is CN=C(NCc1cc(C)ccc1OC(F)F)NCC1CCCN(C)C1c1cccs1. The third-order valence-corrected chi connectivity index (χ3v) is 6.42. The van der Waals surface area contributed by atoms with Crippen LogP contribution < -0.4 is 15.4 Å². The van der Waals surface area contributed by atoms with Crippen molar-refractivity contribution in [2.75, 3.05) is 27.2 Å². The highest BCUT2D eigenvalue weighted by molar-refractivity contribution is 7.10. The summed E-state index contributed by atoms with van der Waals surface area (Å²) < 4.78 is 30.0. The van der Waals surface area contributed by atoms with E-state index >= 15 is 0 Å². The van der Waals surface area contributed by atoms with E-state index in [9.17, 15) is 8.78 Å². The monoisotopic (exact) mass is 436 g/mol. The smallest absolute Gasteiger partial charge is 0.387 e. The van der Waals surface area contributed by atoms with Crippen molar-refractivity contribution in [3.8, 4) is 5.75 Å². The Labute approximate surface area is 181 Å². The second-order valence-corrected chi connectivity index (χ2v) is 8.62. The van der Waals surface area contributed by atoms with Crippen molar-refractivity contribution in [1.29, 1.82) is 0 Å². The molecule has 2 N–H and O–H groups in total. The molecule has 2 atom stereocenters. The summed E-state index contributed by atoms with van der Waals surface area (Å²) in [4.78, 5) is 8.12. The molecule has 1 aliphatic rings. The number of rotatable bonds is 7. The van der Waals surface area contributed by atoms with E-state index in [4.69, 9.17) is 0 Å². The van der Waals surface area contributed by atoms with Crippen LogP contribution in [0.3, 0.4) is 0 Å². The Morgan fingerprint density at radius 2 is 2.17 bits per heavy atom. The molecule has 8 heteroatoms. The first kappa shape index (κ1) is 22.5. The third-order valence-electron chi connectivity index (χ3n) is 5.48. The molecule has 2 heterocycles. The Kier molecular flexibility index (Phi) is 8.04. The van der Waals surface area contributed by atoms with E-state index in [1.807, 2.05) is 13.0 Å². The Balaban J connectivity index is 1.61. The highest BCUT2D eigenvalue weighted by Crippen LogP contribution is 2.36. The second-order valence-electron chi connectivity index (χ2n) is 7.64. The molecule has 3 rings (SSSR count). The highest BCUT2D eigenvalue weighted by atomic mass is 32.1. The fraction of sp³-hybridized carbons (Fsp3) is 0.500. The van der Waals surface area contributed by atoms with Crippen LogP contribution in [0.4, 0.5) is 8.78 Å². The second kappa shape index (κ2) is 10.7. The van der Waals surface area contributed by atoms with Gasteiger partial charge in [0.25, 0.3) is 0 Å². The van der Waals surface area contributed by atoms with Gasteiger partial charge in [-0.3, -0.25) is 9.89 Å². The molecule has 0 spiro atoms. The van der Waals surface area contributed by atoms with Crippen LogP contribution in [0.15, 0.2) is 40.7 Å². The first-order valence-corrected chi connectivity index (χ1v) is 11.1. The van der Waals surface area contributed by atoms with Gasteiger partial charge in [0.2, 0.25) is 0 Å². The molecule has 0 saturated carbocycles. The molecule has 0 amide bonds. The maximum atomic E-state index is 12.7. The number of thiophene rings is 1. The maximum absolute atomic E-state index is 12.7. The predicted octanol–water partition coefficient (Wildman–Crippen LogP) is 4.41. The Hall–Kier alpha value is -2.19. The lowest BCUT2D eigenvalue weighted by Crippen LogP contribution is -2.44. The molecular formula is C22H30F2N4OS. The van der Waals surface area contributed by atoms with Crippen LogP contribution in [0.1, 0.15) is 34.9 Å². The van der Waals surface area contributed by atoms with Gasteiger partial charge in [-0.25, -0.2) is 0 Å². The molecule has 2 aromatic rings. The van der Waals surface area contributed by atoms with Crippen LogP contribution >= 0.6 is 11.3 Å². The van der Waals surface area contributed by atoms with Crippen LogP contribution in [0.5, 0.6) is 5.75 Å². The molecule has 164 valence electrons. The number of aliphatic imine (C=N–C) groups is 1. The zero-order valence-corrected chi connectivity index (χ0v) is 18.5. The van der Waals surface area contributed by atoms with E-state index in [1.54, 1.807) is 30.5 Å². The number of benzene rings is 1. The zero-order chi connectivity index (χ0) is 21.5. The van der Waals surface area contributed by atoms with Crippen molar-refractivity contribution in [3.63, 3.8) is 0 Å². The fourth-order valence-electron chi connectivity index (χ4n) is 4.07. The van der Waals surface area contributed by atoms with Crippen LogP contribution in [-0.2, 0) is 6.54 Å². The van der Waals surface area contributed by atoms with E-state index in [0.29, 0.717) is 30.0 Å². The van der Waals surface area contributed by atoms with Gasteiger partial charge in [-0.15, -0.1) is 11.3 Å². The summed E-state index contributed by atoms with van der Waals surface area (Å²) >= 11 is 1.80. The fourth-order valence-corrected chi connectivity index (χ4v) is 5.05. The van der Waals surface area contributed by atoms with Gasteiger partial charge in [-0.05, 0) is 56.8 Å². The molecule has 0 radical (unpaired) electrons. The molecule has 1 aromatic carbocycles. The lowest BCUT2D eigenvalue weighted by Gasteiger charge is -2.39. The number of piperidine rings is 1. The van der Waals surface area contributed by atoms with Gasteiger partial charge in [0.1, 0.15) is 5.75 Å². The normalized spacial score (nSPS) is 20.4.